The molecule has 0 aliphatic rings. The number of para-hydroxylation sites is 1. The van der Waals surface area contributed by atoms with Crippen molar-refractivity contribution in [3.8, 4) is 23.6 Å². The fraction of sp³-hybridized carbons (Fsp3) is 0.391. The second kappa shape index (κ2) is 12.3. The van der Waals surface area contributed by atoms with Gasteiger partial charge in [0.05, 0.1) is 23.0 Å². The standard InChI is InChI=1S/C23H27N3O2S2/c1-4-11-27-20-16(14-24)17(15-25)21(28-12-5-2)23(22(20)29-13-6-3)30-19-10-8-7-9-18(19)26/h7-10H,4-6,11-13,26H2,1-3H3. The van der Waals surface area contributed by atoms with Gasteiger partial charge in [0.2, 0.25) is 0 Å². The number of nitrogens with zero attached hydrogens (tertiary/aromatic N) is 2. The molecule has 0 heterocycles. The smallest absolute Gasteiger partial charge is 0.153 e. The zero-order chi connectivity index (χ0) is 21.9. The quantitative estimate of drug-likeness (QED) is 0.326. The van der Waals surface area contributed by atoms with Crippen LogP contribution in [-0.2, 0) is 0 Å². The van der Waals surface area contributed by atoms with E-state index in [0.29, 0.717) is 30.4 Å². The Kier molecular flexibility index (Phi) is 9.73. The summed E-state index contributed by atoms with van der Waals surface area (Å²) in [4.78, 5) is 2.48. The van der Waals surface area contributed by atoms with Crippen LogP contribution in [-0.4, -0.2) is 19.0 Å². The van der Waals surface area contributed by atoms with Gasteiger partial charge in [0, 0.05) is 10.6 Å². The molecule has 0 unspecified atom stereocenters. The minimum absolute atomic E-state index is 0.218. The van der Waals surface area contributed by atoms with Gasteiger partial charge in [-0.2, -0.15) is 10.5 Å². The van der Waals surface area contributed by atoms with Gasteiger partial charge < -0.3 is 15.2 Å². The molecule has 0 amide bonds. The first kappa shape index (κ1) is 23.8. The molecular weight excluding hydrogens is 414 g/mol. The van der Waals surface area contributed by atoms with Crippen molar-refractivity contribution in [3.63, 3.8) is 0 Å². The number of benzene rings is 2. The fourth-order valence-corrected chi connectivity index (χ4v) is 4.89. The van der Waals surface area contributed by atoms with Crippen molar-refractivity contribution in [2.24, 2.45) is 0 Å². The lowest BCUT2D eigenvalue weighted by Crippen LogP contribution is -2.07. The van der Waals surface area contributed by atoms with E-state index in [0.717, 1.165) is 39.7 Å². The lowest BCUT2D eigenvalue weighted by molar-refractivity contribution is 0.293. The Hall–Kier alpha value is -2.48. The van der Waals surface area contributed by atoms with Crippen molar-refractivity contribution in [1.29, 1.82) is 10.5 Å². The summed E-state index contributed by atoms with van der Waals surface area (Å²) in [7, 11) is 0. The van der Waals surface area contributed by atoms with Crippen LogP contribution in [0.25, 0.3) is 0 Å². The van der Waals surface area contributed by atoms with E-state index in [2.05, 4.69) is 19.1 Å². The number of ether oxygens (including phenoxy) is 2. The highest BCUT2D eigenvalue weighted by Gasteiger charge is 2.28. The van der Waals surface area contributed by atoms with E-state index >= 15 is 0 Å². The number of nitriles is 2. The molecule has 2 N–H and O–H groups in total. The molecule has 5 nitrogen and oxygen atoms in total. The molecule has 0 saturated heterocycles. The molecule has 0 aliphatic heterocycles. The zero-order valence-corrected chi connectivity index (χ0v) is 19.3. The number of nitrogens with two attached hydrogens (primary N) is 1. The van der Waals surface area contributed by atoms with E-state index in [4.69, 9.17) is 15.2 Å². The molecule has 0 aromatic heterocycles. The third-order valence-corrected chi connectivity index (χ3v) is 6.63. The summed E-state index contributed by atoms with van der Waals surface area (Å²) >= 11 is 3.07. The summed E-state index contributed by atoms with van der Waals surface area (Å²) in [5.74, 6) is 1.76. The van der Waals surface area contributed by atoms with Crippen molar-refractivity contribution in [2.75, 3.05) is 24.7 Å². The fourth-order valence-electron chi connectivity index (χ4n) is 2.67. The van der Waals surface area contributed by atoms with Crippen LogP contribution in [0.2, 0.25) is 0 Å². The molecule has 158 valence electrons. The third kappa shape index (κ3) is 5.56. The summed E-state index contributed by atoms with van der Waals surface area (Å²) in [6.45, 7) is 7.03. The second-order valence-corrected chi connectivity index (χ2v) is 8.63. The highest BCUT2D eigenvalue weighted by molar-refractivity contribution is 8.02. The second-order valence-electron chi connectivity index (χ2n) is 6.48. The van der Waals surface area contributed by atoms with Gasteiger partial charge in [0.1, 0.15) is 23.3 Å². The molecule has 0 aliphatic carbocycles. The molecule has 2 aromatic carbocycles. The van der Waals surface area contributed by atoms with Crippen LogP contribution < -0.4 is 15.2 Å². The van der Waals surface area contributed by atoms with Gasteiger partial charge in [0.15, 0.2) is 11.5 Å². The van der Waals surface area contributed by atoms with Crippen molar-refractivity contribution in [3.05, 3.63) is 35.4 Å². The number of thioether (sulfide) groups is 1. The van der Waals surface area contributed by atoms with E-state index in [1.54, 1.807) is 11.8 Å². The molecular formula is C23H27N3O2S2. The van der Waals surface area contributed by atoms with E-state index in [-0.39, 0.29) is 11.1 Å². The summed E-state index contributed by atoms with van der Waals surface area (Å²) in [6, 6.07) is 12.0. The molecule has 0 fully saturated rings. The number of nitrogen functional groups attached to an aromatic ring is 1. The summed E-state index contributed by atoms with van der Waals surface area (Å²) in [6.07, 6.45) is 2.55. The highest BCUT2D eigenvalue weighted by atomic mass is 32.2. The molecule has 0 bridgehead atoms. The van der Waals surface area contributed by atoms with E-state index in [1.807, 2.05) is 38.1 Å². The molecule has 0 spiro atoms. The lowest BCUT2D eigenvalue weighted by Gasteiger charge is -2.21. The summed E-state index contributed by atoms with van der Waals surface area (Å²) in [5, 5.41) is 19.8. The largest absolute Gasteiger partial charge is 0.491 e. The molecule has 0 radical (unpaired) electrons. The Morgan fingerprint density at radius 2 is 1.43 bits per heavy atom. The third-order valence-electron chi connectivity index (χ3n) is 4.03. The van der Waals surface area contributed by atoms with Crippen LogP contribution in [0.15, 0.2) is 39.0 Å². The number of rotatable bonds is 11. The van der Waals surface area contributed by atoms with Crippen molar-refractivity contribution in [1.82, 2.24) is 0 Å². The number of hydrogen-bond acceptors (Lipinski definition) is 7. The van der Waals surface area contributed by atoms with Crippen molar-refractivity contribution in [2.45, 2.75) is 54.7 Å². The highest BCUT2D eigenvalue weighted by Crippen LogP contribution is 2.51. The topological polar surface area (TPSA) is 92.1 Å². The maximum atomic E-state index is 9.91. The van der Waals surface area contributed by atoms with E-state index in [1.165, 1.54) is 11.8 Å². The molecule has 0 saturated carbocycles. The molecule has 30 heavy (non-hydrogen) atoms. The molecule has 7 heteroatoms. The monoisotopic (exact) mass is 441 g/mol. The Balaban J connectivity index is 2.82. The maximum Gasteiger partial charge on any atom is 0.153 e. The van der Waals surface area contributed by atoms with Gasteiger partial charge >= 0.3 is 0 Å². The normalized spacial score (nSPS) is 10.3. The minimum atomic E-state index is 0.218. The predicted molar refractivity (Wildman–Crippen MR) is 123 cm³/mol. The van der Waals surface area contributed by atoms with Gasteiger partial charge in [-0.25, -0.2) is 0 Å². The summed E-state index contributed by atoms with van der Waals surface area (Å²) in [5.41, 5.74) is 7.30. The van der Waals surface area contributed by atoms with Crippen LogP contribution in [0, 0.1) is 22.7 Å². The Bertz CT molecular complexity index is 949. The van der Waals surface area contributed by atoms with Gasteiger partial charge in [-0.15, -0.1) is 11.8 Å². The number of hydrogen-bond donors (Lipinski definition) is 1. The SMILES string of the molecule is CCCOc1c(C#N)c(C#N)c(OCCC)c(Sc2ccccc2N)c1SCCC. The Morgan fingerprint density at radius 1 is 0.867 bits per heavy atom. The van der Waals surface area contributed by atoms with Crippen LogP contribution in [0.3, 0.4) is 0 Å². The first-order valence-electron chi connectivity index (χ1n) is 10.1. The van der Waals surface area contributed by atoms with E-state index in [9.17, 15) is 10.5 Å². The van der Waals surface area contributed by atoms with Crippen LogP contribution in [0.1, 0.15) is 51.2 Å². The first-order chi connectivity index (χ1) is 14.6. The van der Waals surface area contributed by atoms with Gasteiger partial charge in [0.25, 0.3) is 0 Å². The van der Waals surface area contributed by atoms with Gasteiger partial charge in [-0.1, -0.05) is 44.7 Å². The first-order valence-corrected chi connectivity index (χ1v) is 11.9. The number of anilines is 1. The van der Waals surface area contributed by atoms with Crippen LogP contribution in [0.4, 0.5) is 5.69 Å². The van der Waals surface area contributed by atoms with Crippen molar-refractivity contribution >= 4 is 29.2 Å². The molecule has 0 atom stereocenters. The lowest BCUT2D eigenvalue weighted by atomic mass is 10.1. The maximum absolute atomic E-state index is 9.91. The predicted octanol–water partition coefficient (Wildman–Crippen LogP) is 6.24. The van der Waals surface area contributed by atoms with Crippen molar-refractivity contribution < 1.29 is 9.47 Å². The molecule has 2 aromatic rings. The minimum Gasteiger partial charge on any atom is -0.491 e. The Morgan fingerprint density at radius 3 is 1.93 bits per heavy atom. The van der Waals surface area contributed by atoms with Gasteiger partial charge in [-0.3, -0.25) is 0 Å². The van der Waals surface area contributed by atoms with Crippen LogP contribution in [0.5, 0.6) is 11.5 Å². The average Bonchev–Trinajstić information content (AvgIpc) is 2.76. The summed E-state index contributed by atoms with van der Waals surface area (Å²) < 4.78 is 12.1. The van der Waals surface area contributed by atoms with Gasteiger partial charge in [-0.05, 0) is 37.1 Å². The average molecular weight is 442 g/mol. The van der Waals surface area contributed by atoms with Crippen LogP contribution >= 0.6 is 23.5 Å². The Labute approximate surface area is 187 Å². The molecule has 2 rings (SSSR count). The van der Waals surface area contributed by atoms with E-state index < -0.39 is 0 Å². The zero-order valence-electron chi connectivity index (χ0n) is 17.7.